The first-order valence-corrected chi connectivity index (χ1v) is 5.03. The highest BCUT2D eigenvalue weighted by molar-refractivity contribution is 5.92. The Hall–Kier alpha value is -1.91. The van der Waals surface area contributed by atoms with Gasteiger partial charge in [0, 0.05) is 12.4 Å². The highest BCUT2D eigenvalue weighted by Crippen LogP contribution is 2.01. The molecule has 5 nitrogen and oxygen atoms in total. The van der Waals surface area contributed by atoms with Crippen LogP contribution in [0.15, 0.2) is 18.5 Å². The number of carbonyl (C=O) groups is 2. The second-order valence-corrected chi connectivity index (χ2v) is 2.07. The van der Waals surface area contributed by atoms with Crippen LogP contribution in [0, 0.1) is 0 Å². The Morgan fingerprint density at radius 1 is 0.938 bits per heavy atom. The molecule has 0 bridgehead atoms. The van der Waals surface area contributed by atoms with Gasteiger partial charge in [0.05, 0.1) is 11.1 Å². The van der Waals surface area contributed by atoms with Crippen LogP contribution in [0.1, 0.15) is 48.4 Å². The van der Waals surface area contributed by atoms with Gasteiger partial charge in [0.1, 0.15) is 0 Å². The Kier molecular flexibility index (Phi) is 9.95. The summed E-state index contributed by atoms with van der Waals surface area (Å²) in [6.07, 6.45) is 2.18. The summed E-state index contributed by atoms with van der Waals surface area (Å²) in [7, 11) is 0. The third-order valence-corrected chi connectivity index (χ3v) is 1.23. The van der Waals surface area contributed by atoms with Crippen LogP contribution in [0.4, 0.5) is 0 Å². The molecule has 0 radical (unpaired) electrons. The maximum atomic E-state index is 10.3. The predicted molar refractivity (Wildman–Crippen MR) is 60.9 cm³/mol. The fourth-order valence-corrected chi connectivity index (χ4v) is 0.674. The lowest BCUT2D eigenvalue weighted by atomic mass is 10.2. The van der Waals surface area contributed by atoms with Crippen LogP contribution in [-0.4, -0.2) is 27.1 Å². The number of carboxylic acid groups (broad SMARTS) is 2. The lowest BCUT2D eigenvalue weighted by molar-refractivity contribution is 0.0696. The minimum atomic E-state index is -1.19. The second kappa shape index (κ2) is 9.64. The monoisotopic (exact) mass is 227 g/mol. The van der Waals surface area contributed by atoms with Gasteiger partial charge in [-0.05, 0) is 6.07 Å². The maximum absolute atomic E-state index is 10.3. The molecule has 16 heavy (non-hydrogen) atoms. The van der Waals surface area contributed by atoms with Crippen molar-refractivity contribution in [2.75, 3.05) is 0 Å². The van der Waals surface area contributed by atoms with Crippen molar-refractivity contribution < 1.29 is 19.8 Å². The lowest BCUT2D eigenvalue weighted by Crippen LogP contribution is -2.02. The van der Waals surface area contributed by atoms with Gasteiger partial charge in [0.2, 0.25) is 0 Å². The lowest BCUT2D eigenvalue weighted by Gasteiger charge is -1.94. The van der Waals surface area contributed by atoms with Gasteiger partial charge in [0.15, 0.2) is 0 Å². The van der Waals surface area contributed by atoms with E-state index in [-0.39, 0.29) is 11.1 Å². The molecule has 5 heteroatoms. The number of aromatic carboxylic acids is 2. The maximum Gasteiger partial charge on any atom is 0.337 e. The highest BCUT2D eigenvalue weighted by Gasteiger charge is 2.07. The summed E-state index contributed by atoms with van der Waals surface area (Å²) in [6.45, 7) is 8.00. The van der Waals surface area contributed by atoms with Crippen LogP contribution < -0.4 is 0 Å². The Morgan fingerprint density at radius 3 is 1.50 bits per heavy atom. The molecule has 0 amide bonds. The second-order valence-electron chi connectivity index (χ2n) is 2.07. The molecule has 0 fully saturated rings. The molecular weight excluding hydrogens is 210 g/mol. The predicted octanol–water partition coefficient (Wildman–Crippen LogP) is 2.53. The molecule has 0 aliphatic carbocycles. The molecule has 0 saturated heterocycles. The molecule has 0 spiro atoms. The van der Waals surface area contributed by atoms with Crippen LogP contribution in [0.5, 0.6) is 0 Å². The first-order valence-electron chi connectivity index (χ1n) is 5.03. The molecular formula is C11H17NO4. The average Bonchev–Trinajstić information content (AvgIpc) is 2.34. The molecule has 1 aromatic rings. The minimum absolute atomic E-state index is 0.130. The van der Waals surface area contributed by atoms with Gasteiger partial charge in [-0.2, -0.15) is 0 Å². The summed E-state index contributed by atoms with van der Waals surface area (Å²) in [5, 5.41) is 16.9. The van der Waals surface area contributed by atoms with Crippen molar-refractivity contribution in [3.63, 3.8) is 0 Å². The molecule has 0 aromatic carbocycles. The fourth-order valence-electron chi connectivity index (χ4n) is 0.674. The summed E-state index contributed by atoms with van der Waals surface area (Å²) in [6, 6.07) is 1.05. The van der Waals surface area contributed by atoms with E-state index in [1.54, 1.807) is 0 Å². The molecule has 0 aliphatic rings. The quantitative estimate of drug-likeness (QED) is 0.810. The molecule has 1 rings (SSSR count). The smallest absolute Gasteiger partial charge is 0.337 e. The number of nitrogens with zero attached hydrogens (tertiary/aromatic N) is 1. The van der Waals surface area contributed by atoms with Gasteiger partial charge in [-0.1, -0.05) is 27.7 Å². The SMILES string of the molecule is CC.CC.O=C(O)c1cncc(C(=O)O)c1. The number of rotatable bonds is 2. The first-order chi connectivity index (χ1) is 7.61. The highest BCUT2D eigenvalue weighted by atomic mass is 16.4. The Bertz CT molecular complexity index is 307. The van der Waals surface area contributed by atoms with Crippen LogP contribution in [0.25, 0.3) is 0 Å². The third kappa shape index (κ3) is 5.74. The molecule has 0 aliphatic heterocycles. The largest absolute Gasteiger partial charge is 0.478 e. The number of hydrogen-bond acceptors (Lipinski definition) is 3. The van der Waals surface area contributed by atoms with Crippen LogP contribution in [0.2, 0.25) is 0 Å². The molecule has 90 valence electrons. The van der Waals surface area contributed by atoms with Crippen molar-refractivity contribution in [3.05, 3.63) is 29.6 Å². The molecule has 1 aromatic heterocycles. The van der Waals surface area contributed by atoms with E-state index in [1.165, 1.54) is 0 Å². The van der Waals surface area contributed by atoms with Crippen molar-refractivity contribution in [1.82, 2.24) is 4.98 Å². The van der Waals surface area contributed by atoms with E-state index in [2.05, 4.69) is 4.98 Å². The van der Waals surface area contributed by atoms with Crippen molar-refractivity contribution in [1.29, 1.82) is 0 Å². The molecule has 0 unspecified atom stereocenters. The van der Waals surface area contributed by atoms with Gasteiger partial charge in [0.25, 0.3) is 0 Å². The first kappa shape index (κ1) is 16.5. The fraction of sp³-hybridized carbons (Fsp3) is 0.364. The topological polar surface area (TPSA) is 87.5 Å². The summed E-state index contributed by atoms with van der Waals surface area (Å²) >= 11 is 0. The number of hydrogen-bond donors (Lipinski definition) is 2. The Morgan fingerprint density at radius 2 is 1.25 bits per heavy atom. The van der Waals surface area contributed by atoms with Crippen LogP contribution in [-0.2, 0) is 0 Å². The van der Waals surface area contributed by atoms with Gasteiger partial charge in [-0.25, -0.2) is 9.59 Å². The zero-order valence-corrected chi connectivity index (χ0v) is 9.89. The third-order valence-electron chi connectivity index (χ3n) is 1.23. The van der Waals surface area contributed by atoms with E-state index in [4.69, 9.17) is 10.2 Å². The molecule has 2 N–H and O–H groups in total. The number of carboxylic acids is 2. The molecule has 0 atom stereocenters. The van der Waals surface area contributed by atoms with Gasteiger partial charge in [-0.15, -0.1) is 0 Å². The summed E-state index contributed by atoms with van der Waals surface area (Å²) in [4.78, 5) is 24.2. The molecule has 0 saturated carbocycles. The Labute approximate surface area is 94.8 Å². The summed E-state index contributed by atoms with van der Waals surface area (Å²) < 4.78 is 0. The summed E-state index contributed by atoms with van der Waals surface area (Å²) in [5.41, 5.74) is -0.259. The van der Waals surface area contributed by atoms with E-state index < -0.39 is 11.9 Å². The number of aromatic nitrogens is 1. The van der Waals surface area contributed by atoms with Crippen LogP contribution >= 0.6 is 0 Å². The van der Waals surface area contributed by atoms with E-state index in [0.717, 1.165) is 18.5 Å². The normalized spacial score (nSPS) is 7.75. The van der Waals surface area contributed by atoms with Crippen molar-refractivity contribution in [3.8, 4) is 0 Å². The minimum Gasteiger partial charge on any atom is -0.478 e. The van der Waals surface area contributed by atoms with E-state index in [1.807, 2.05) is 27.7 Å². The van der Waals surface area contributed by atoms with Crippen molar-refractivity contribution >= 4 is 11.9 Å². The van der Waals surface area contributed by atoms with E-state index in [9.17, 15) is 9.59 Å². The van der Waals surface area contributed by atoms with Crippen molar-refractivity contribution in [2.24, 2.45) is 0 Å². The number of pyridine rings is 1. The van der Waals surface area contributed by atoms with Gasteiger partial charge in [-0.3, -0.25) is 4.98 Å². The Balaban J connectivity index is 0. The van der Waals surface area contributed by atoms with Crippen molar-refractivity contribution in [2.45, 2.75) is 27.7 Å². The van der Waals surface area contributed by atoms with Crippen LogP contribution in [0.3, 0.4) is 0 Å². The van der Waals surface area contributed by atoms with E-state index in [0.29, 0.717) is 0 Å². The molecule has 1 heterocycles. The zero-order chi connectivity index (χ0) is 13.1. The standard InChI is InChI=1S/C7H5NO4.2C2H6/c9-6(10)4-1-5(7(11)12)3-8-2-4;2*1-2/h1-3H,(H,9,10)(H,11,12);2*1-2H3. The van der Waals surface area contributed by atoms with Gasteiger partial charge >= 0.3 is 11.9 Å². The van der Waals surface area contributed by atoms with E-state index >= 15 is 0 Å². The van der Waals surface area contributed by atoms with Gasteiger partial charge < -0.3 is 10.2 Å². The zero-order valence-electron chi connectivity index (χ0n) is 9.89. The summed E-state index contributed by atoms with van der Waals surface area (Å²) in [5.74, 6) is -2.38. The average molecular weight is 227 g/mol.